The van der Waals surface area contributed by atoms with E-state index in [1.165, 1.54) is 12.8 Å². The summed E-state index contributed by atoms with van der Waals surface area (Å²) in [5.41, 5.74) is 1.87. The lowest BCUT2D eigenvalue weighted by Crippen LogP contribution is -2.35. The monoisotopic (exact) mass is 304 g/mol. The first-order valence-electron chi connectivity index (χ1n) is 8.13. The Kier molecular flexibility index (Phi) is 5.29. The molecule has 2 amide bonds. The van der Waals surface area contributed by atoms with Gasteiger partial charge in [-0.15, -0.1) is 0 Å². The van der Waals surface area contributed by atoms with Crippen LogP contribution in [0.3, 0.4) is 0 Å². The molecule has 22 heavy (non-hydrogen) atoms. The van der Waals surface area contributed by atoms with Crippen molar-refractivity contribution in [3.05, 3.63) is 29.8 Å². The molecule has 0 radical (unpaired) electrons. The Morgan fingerprint density at radius 2 is 2.23 bits per heavy atom. The molecule has 1 aromatic carbocycles. The van der Waals surface area contributed by atoms with Gasteiger partial charge in [0, 0.05) is 25.4 Å². The molecular weight excluding hydrogens is 280 g/mol. The van der Waals surface area contributed by atoms with Crippen molar-refractivity contribution in [2.75, 3.05) is 25.1 Å². The Balaban J connectivity index is 1.41. The van der Waals surface area contributed by atoms with E-state index in [1.54, 1.807) is 0 Å². The molecule has 1 aromatic rings. The third-order valence-electron chi connectivity index (χ3n) is 4.02. The molecule has 1 atom stereocenters. The summed E-state index contributed by atoms with van der Waals surface area (Å²) in [6, 6.07) is 7.61. The van der Waals surface area contributed by atoms with Crippen LogP contribution in [-0.2, 0) is 16.1 Å². The fourth-order valence-electron chi connectivity index (χ4n) is 2.55. The van der Waals surface area contributed by atoms with Crippen LogP contribution in [-0.4, -0.2) is 31.9 Å². The van der Waals surface area contributed by atoms with Gasteiger partial charge in [-0.05, 0) is 49.3 Å². The van der Waals surface area contributed by atoms with Gasteiger partial charge in [0.2, 0.25) is 0 Å². The highest BCUT2D eigenvalue weighted by molar-refractivity contribution is 5.89. The lowest BCUT2D eigenvalue weighted by atomic mass is 10.2. The van der Waals surface area contributed by atoms with Crippen LogP contribution in [0.1, 0.15) is 31.2 Å². The minimum atomic E-state index is -0.188. The van der Waals surface area contributed by atoms with Gasteiger partial charge < -0.3 is 20.1 Å². The van der Waals surface area contributed by atoms with Crippen molar-refractivity contribution >= 4 is 11.7 Å². The van der Waals surface area contributed by atoms with Crippen molar-refractivity contribution in [3.63, 3.8) is 0 Å². The zero-order valence-corrected chi connectivity index (χ0v) is 12.8. The quantitative estimate of drug-likeness (QED) is 0.814. The Labute approximate surface area is 131 Å². The predicted molar refractivity (Wildman–Crippen MR) is 84.8 cm³/mol. The maximum Gasteiger partial charge on any atom is 0.319 e. The van der Waals surface area contributed by atoms with Gasteiger partial charge in [-0.2, -0.15) is 0 Å². The molecule has 0 aromatic heterocycles. The molecule has 1 aliphatic carbocycles. The van der Waals surface area contributed by atoms with Crippen LogP contribution in [0.2, 0.25) is 0 Å². The largest absolute Gasteiger partial charge is 0.376 e. The number of hydrogen-bond acceptors (Lipinski definition) is 3. The number of carbonyl (C=O) groups is 1. The van der Waals surface area contributed by atoms with Crippen LogP contribution in [0.4, 0.5) is 10.5 Å². The van der Waals surface area contributed by atoms with Crippen molar-refractivity contribution in [2.24, 2.45) is 5.92 Å². The van der Waals surface area contributed by atoms with Crippen LogP contribution in [0, 0.1) is 5.92 Å². The smallest absolute Gasteiger partial charge is 0.319 e. The Morgan fingerprint density at radius 3 is 3.00 bits per heavy atom. The van der Waals surface area contributed by atoms with Gasteiger partial charge in [0.05, 0.1) is 12.7 Å². The lowest BCUT2D eigenvalue weighted by Gasteiger charge is -2.12. The summed E-state index contributed by atoms with van der Waals surface area (Å²) in [7, 11) is 0. The topological polar surface area (TPSA) is 59.6 Å². The van der Waals surface area contributed by atoms with E-state index in [4.69, 9.17) is 9.47 Å². The van der Waals surface area contributed by atoms with Crippen molar-refractivity contribution in [2.45, 2.75) is 38.4 Å². The van der Waals surface area contributed by atoms with Gasteiger partial charge in [-0.1, -0.05) is 12.1 Å². The van der Waals surface area contributed by atoms with Crippen molar-refractivity contribution in [3.8, 4) is 0 Å². The standard InChI is InChI=1S/C17H24N2O3/c20-17(18-10-16-5-2-8-22-16)19-15-4-1-3-14(9-15)12-21-11-13-6-7-13/h1,3-4,9,13,16H,2,5-8,10-12H2,(H2,18,19,20). The van der Waals surface area contributed by atoms with Crippen LogP contribution in [0.5, 0.6) is 0 Å². The summed E-state index contributed by atoms with van der Waals surface area (Å²) < 4.78 is 11.2. The SMILES string of the molecule is O=C(NCC1CCCO1)Nc1cccc(COCC2CC2)c1. The van der Waals surface area contributed by atoms with Gasteiger partial charge in [0.25, 0.3) is 0 Å². The number of urea groups is 1. The second-order valence-electron chi connectivity index (χ2n) is 6.13. The normalized spacial score (nSPS) is 20.8. The van der Waals surface area contributed by atoms with E-state index in [9.17, 15) is 4.79 Å². The summed E-state index contributed by atoms with van der Waals surface area (Å²) in [6.07, 6.45) is 4.86. The number of ether oxygens (including phenoxy) is 2. The number of anilines is 1. The molecular formula is C17H24N2O3. The Bertz CT molecular complexity index is 496. The molecule has 1 saturated carbocycles. The number of carbonyl (C=O) groups excluding carboxylic acids is 1. The first-order chi connectivity index (χ1) is 10.8. The minimum Gasteiger partial charge on any atom is -0.376 e. The van der Waals surface area contributed by atoms with E-state index in [2.05, 4.69) is 10.6 Å². The molecule has 120 valence electrons. The molecule has 0 bridgehead atoms. The molecule has 1 heterocycles. The van der Waals surface area contributed by atoms with Crippen molar-refractivity contribution < 1.29 is 14.3 Å². The maximum atomic E-state index is 11.9. The van der Waals surface area contributed by atoms with E-state index >= 15 is 0 Å². The second kappa shape index (κ2) is 7.61. The number of hydrogen-bond donors (Lipinski definition) is 2. The molecule has 1 aliphatic heterocycles. The third kappa shape index (κ3) is 5.00. The van der Waals surface area contributed by atoms with E-state index in [0.717, 1.165) is 43.2 Å². The highest BCUT2D eigenvalue weighted by Crippen LogP contribution is 2.29. The summed E-state index contributed by atoms with van der Waals surface area (Å²) >= 11 is 0. The van der Waals surface area contributed by atoms with Gasteiger partial charge in [-0.25, -0.2) is 4.79 Å². The average Bonchev–Trinajstić information content (AvgIpc) is 3.19. The highest BCUT2D eigenvalue weighted by atomic mass is 16.5. The second-order valence-corrected chi connectivity index (χ2v) is 6.13. The minimum absolute atomic E-state index is 0.160. The van der Waals surface area contributed by atoms with Crippen LogP contribution in [0.15, 0.2) is 24.3 Å². The first kappa shape index (κ1) is 15.3. The van der Waals surface area contributed by atoms with Gasteiger partial charge in [0.15, 0.2) is 0 Å². The summed E-state index contributed by atoms with van der Waals surface area (Å²) in [6.45, 7) is 2.82. The van der Waals surface area contributed by atoms with Gasteiger partial charge in [-0.3, -0.25) is 0 Å². The molecule has 0 spiro atoms. The van der Waals surface area contributed by atoms with E-state index in [1.807, 2.05) is 24.3 Å². The maximum absolute atomic E-state index is 11.9. The van der Waals surface area contributed by atoms with Gasteiger partial charge in [0.1, 0.15) is 0 Å². The van der Waals surface area contributed by atoms with Crippen molar-refractivity contribution in [1.82, 2.24) is 5.32 Å². The fourth-order valence-corrected chi connectivity index (χ4v) is 2.55. The molecule has 5 nitrogen and oxygen atoms in total. The number of nitrogens with one attached hydrogen (secondary N) is 2. The summed E-state index contributed by atoms with van der Waals surface area (Å²) in [5, 5.41) is 5.71. The van der Waals surface area contributed by atoms with Crippen LogP contribution < -0.4 is 10.6 Å². The molecule has 1 saturated heterocycles. The lowest BCUT2D eigenvalue weighted by molar-refractivity contribution is 0.111. The molecule has 1 unspecified atom stereocenters. The van der Waals surface area contributed by atoms with Crippen molar-refractivity contribution in [1.29, 1.82) is 0 Å². The number of rotatable bonds is 7. The fraction of sp³-hybridized carbons (Fsp3) is 0.588. The molecule has 2 N–H and O–H groups in total. The van der Waals surface area contributed by atoms with Crippen LogP contribution >= 0.6 is 0 Å². The Morgan fingerprint density at radius 1 is 1.32 bits per heavy atom. The number of benzene rings is 1. The van der Waals surface area contributed by atoms with E-state index in [-0.39, 0.29) is 12.1 Å². The zero-order valence-electron chi connectivity index (χ0n) is 12.8. The molecule has 3 rings (SSSR count). The van der Waals surface area contributed by atoms with Gasteiger partial charge >= 0.3 is 6.03 Å². The summed E-state index contributed by atoms with van der Waals surface area (Å²) in [4.78, 5) is 11.9. The highest BCUT2D eigenvalue weighted by Gasteiger charge is 2.21. The number of amides is 2. The van der Waals surface area contributed by atoms with E-state index < -0.39 is 0 Å². The third-order valence-corrected chi connectivity index (χ3v) is 4.02. The molecule has 2 aliphatic rings. The van der Waals surface area contributed by atoms with E-state index in [0.29, 0.717) is 13.2 Å². The molecule has 5 heteroatoms. The zero-order chi connectivity index (χ0) is 15.2. The molecule has 2 fully saturated rings. The average molecular weight is 304 g/mol. The Hall–Kier alpha value is -1.59. The predicted octanol–water partition coefficient (Wildman–Crippen LogP) is 2.91. The first-order valence-corrected chi connectivity index (χ1v) is 8.13. The summed E-state index contributed by atoms with van der Waals surface area (Å²) in [5.74, 6) is 0.768. The van der Waals surface area contributed by atoms with Crippen LogP contribution in [0.25, 0.3) is 0 Å².